The van der Waals surface area contributed by atoms with Gasteiger partial charge in [-0.15, -0.1) is 0 Å². The van der Waals surface area contributed by atoms with Crippen LogP contribution in [0.1, 0.15) is 88.2 Å². The number of carbonyl (C=O) groups is 4. The van der Waals surface area contributed by atoms with E-state index in [-0.39, 0.29) is 47.8 Å². The third-order valence-corrected chi connectivity index (χ3v) is 11.6. The van der Waals surface area contributed by atoms with E-state index in [0.29, 0.717) is 11.8 Å². The molecule has 4 N–H and O–H groups in total. The summed E-state index contributed by atoms with van der Waals surface area (Å²) in [5.74, 6) is 14.0. The summed E-state index contributed by atoms with van der Waals surface area (Å²) in [6.45, 7) is 7.63. The maximum absolute atomic E-state index is 13.8. The maximum Gasteiger partial charge on any atom is 0.407 e. The van der Waals surface area contributed by atoms with Crippen molar-refractivity contribution in [3.8, 4) is 23.7 Å². The summed E-state index contributed by atoms with van der Waals surface area (Å²) in [5.41, 5.74) is 4.72. The van der Waals surface area contributed by atoms with Crippen LogP contribution in [-0.4, -0.2) is 92.1 Å². The molecule has 0 bridgehead atoms. The Kier molecular flexibility index (Phi) is 9.61. The zero-order chi connectivity index (χ0) is 39.4. The Balaban J connectivity index is 0.957. The number of amides is 4. The molecule has 0 unspecified atom stereocenters. The second-order valence-electron chi connectivity index (χ2n) is 16.0. The van der Waals surface area contributed by atoms with Gasteiger partial charge in [-0.3, -0.25) is 9.59 Å². The second-order valence-corrected chi connectivity index (χ2v) is 16.0. The SMILES string of the molecule is COC(=O)N[C@H](C(=O)N1[C@@H]2C[C@@H]2C[C@H]1c1nc2cc(C#CC#Cc3ccc4[nH]c([C@@H]5C[C@H]6C[C@H]6N5C(=O)[C@@H](NC(=O)OC)C(C)C)nc4c3)ccc2[nH]1)C(C)C. The number of nitrogens with zero attached hydrogens (tertiary/aromatic N) is 4. The molecule has 2 aromatic carbocycles. The number of ether oxygens (including phenoxy) is 2. The number of rotatable bonds is 8. The predicted octanol–water partition coefficient (Wildman–Crippen LogP) is 4.93. The number of hydrogen-bond acceptors (Lipinski definition) is 8. The minimum Gasteiger partial charge on any atom is -0.453 e. The zero-order valence-electron chi connectivity index (χ0n) is 32.3. The quantitative estimate of drug-likeness (QED) is 0.183. The average Bonchev–Trinajstić information content (AvgIpc) is 3.84. The highest BCUT2D eigenvalue weighted by atomic mass is 16.5. The van der Waals surface area contributed by atoms with E-state index >= 15 is 0 Å². The van der Waals surface area contributed by atoms with Crippen LogP contribution < -0.4 is 10.6 Å². The third-order valence-electron chi connectivity index (χ3n) is 11.6. The van der Waals surface area contributed by atoms with Crippen molar-refractivity contribution in [1.82, 2.24) is 40.4 Å². The summed E-state index contributed by atoms with van der Waals surface area (Å²) in [6, 6.07) is 10.0. The fraction of sp³-hybridized carbons (Fsp3) is 0.476. The molecule has 4 fully saturated rings. The maximum atomic E-state index is 13.8. The number of imidazole rings is 2. The fourth-order valence-electron chi connectivity index (χ4n) is 8.48. The number of aromatic amines is 2. The van der Waals surface area contributed by atoms with Crippen molar-refractivity contribution in [2.24, 2.45) is 23.7 Å². The summed E-state index contributed by atoms with van der Waals surface area (Å²) < 4.78 is 9.57. The largest absolute Gasteiger partial charge is 0.453 e. The van der Waals surface area contributed by atoms with E-state index in [1.54, 1.807) is 0 Å². The van der Waals surface area contributed by atoms with Crippen LogP contribution in [0.25, 0.3) is 22.1 Å². The first-order valence-electron chi connectivity index (χ1n) is 19.3. The van der Waals surface area contributed by atoms with Crippen molar-refractivity contribution in [3.63, 3.8) is 0 Å². The van der Waals surface area contributed by atoms with Crippen LogP contribution in [0.3, 0.4) is 0 Å². The van der Waals surface area contributed by atoms with Gasteiger partial charge >= 0.3 is 12.2 Å². The number of aromatic nitrogens is 4. The average molecular weight is 759 g/mol. The molecule has 2 aromatic heterocycles. The number of likely N-dealkylation sites (tertiary alicyclic amines) is 2. The molecule has 4 amide bonds. The van der Waals surface area contributed by atoms with Gasteiger partial charge in [0.2, 0.25) is 11.8 Å². The Bertz CT molecular complexity index is 2200. The number of carbonyl (C=O) groups excluding carboxylic acids is 4. The van der Waals surface area contributed by atoms with Crippen LogP contribution in [0.4, 0.5) is 9.59 Å². The van der Waals surface area contributed by atoms with Crippen LogP contribution in [0.15, 0.2) is 36.4 Å². The molecule has 2 aliphatic carbocycles. The number of hydrogen-bond donors (Lipinski definition) is 4. The monoisotopic (exact) mass is 758 g/mol. The highest BCUT2D eigenvalue weighted by Crippen LogP contribution is 2.54. The number of fused-ring (bicyclic) bond motifs is 4. The van der Waals surface area contributed by atoms with Crippen molar-refractivity contribution in [2.45, 2.75) is 89.6 Å². The summed E-state index contributed by atoms with van der Waals surface area (Å²) in [7, 11) is 2.58. The molecular formula is C42H46N8O6. The molecule has 14 nitrogen and oxygen atoms in total. The molecular weight excluding hydrogens is 713 g/mol. The lowest BCUT2D eigenvalue weighted by Gasteiger charge is -2.31. The fourth-order valence-corrected chi connectivity index (χ4v) is 8.48. The Morgan fingerprint density at radius 2 is 1.09 bits per heavy atom. The van der Waals surface area contributed by atoms with Gasteiger partial charge in [-0.2, -0.15) is 0 Å². The second kappa shape index (κ2) is 14.6. The van der Waals surface area contributed by atoms with Gasteiger partial charge < -0.3 is 39.9 Å². The summed E-state index contributed by atoms with van der Waals surface area (Å²) in [4.78, 5) is 72.0. The van der Waals surface area contributed by atoms with Gasteiger partial charge in [-0.25, -0.2) is 19.6 Å². The van der Waals surface area contributed by atoms with E-state index in [1.807, 2.05) is 73.9 Å². The normalized spacial score (nSPS) is 24.1. The van der Waals surface area contributed by atoms with Crippen LogP contribution in [0, 0.1) is 47.4 Å². The van der Waals surface area contributed by atoms with Crippen LogP contribution in [0.5, 0.6) is 0 Å². The smallest absolute Gasteiger partial charge is 0.407 e. The molecule has 14 heteroatoms. The highest BCUT2D eigenvalue weighted by molar-refractivity contribution is 5.88. The summed E-state index contributed by atoms with van der Waals surface area (Å²) in [5, 5.41) is 5.44. The molecule has 2 saturated carbocycles. The van der Waals surface area contributed by atoms with Gasteiger partial charge in [0.25, 0.3) is 0 Å². The van der Waals surface area contributed by atoms with E-state index in [9.17, 15) is 19.2 Å². The molecule has 8 rings (SSSR count). The first kappa shape index (κ1) is 36.9. The molecule has 2 aliphatic heterocycles. The summed E-state index contributed by atoms with van der Waals surface area (Å²) >= 11 is 0. The number of piperidine rings is 2. The standard InChI is InChI=1S/C42H46N8O6/c1-21(2)35(47-41(53)55-5)39(51)49-31-17-25(31)19-33(49)37-43-27-13-11-23(15-29(27)45-37)9-7-8-10-24-12-14-28-30(16-24)46-38(44-28)34-20-26-18-32(26)50(34)40(52)36(22(3)4)48-42(54)56-6/h11-16,21-22,25-26,31-36H,17-20H2,1-6H3,(H,43,45)(H,44,46)(H,47,53)(H,48,54)/t25-,26-,31-,32-,33+,34+,35+,36+/m1/s1. The van der Waals surface area contributed by atoms with Gasteiger partial charge in [0.1, 0.15) is 23.7 Å². The van der Waals surface area contributed by atoms with E-state index < -0.39 is 24.3 Å². The molecule has 56 heavy (non-hydrogen) atoms. The molecule has 2 saturated heterocycles. The molecule has 290 valence electrons. The highest BCUT2D eigenvalue weighted by Gasteiger charge is 2.57. The number of alkyl carbamates (subject to hydrolysis) is 2. The van der Waals surface area contributed by atoms with Crippen molar-refractivity contribution in [2.75, 3.05) is 14.2 Å². The van der Waals surface area contributed by atoms with Crippen molar-refractivity contribution in [3.05, 3.63) is 59.2 Å². The van der Waals surface area contributed by atoms with Crippen molar-refractivity contribution < 1.29 is 28.7 Å². The number of benzene rings is 2. The molecule has 8 atom stereocenters. The Labute approximate surface area is 324 Å². The van der Waals surface area contributed by atoms with Crippen molar-refractivity contribution >= 4 is 46.1 Å². The van der Waals surface area contributed by atoms with Gasteiger partial charge in [-0.05, 0) is 97.6 Å². The zero-order valence-corrected chi connectivity index (χ0v) is 32.3. The first-order valence-corrected chi connectivity index (χ1v) is 19.3. The number of methoxy groups -OCH3 is 2. The van der Waals surface area contributed by atoms with Gasteiger partial charge in [0.15, 0.2) is 0 Å². The Morgan fingerprint density at radius 1 is 0.679 bits per heavy atom. The van der Waals surface area contributed by atoms with E-state index in [4.69, 9.17) is 19.4 Å². The topological polar surface area (TPSA) is 175 Å². The van der Waals surface area contributed by atoms with Crippen LogP contribution >= 0.6 is 0 Å². The molecule has 4 aliphatic rings. The molecule has 4 aromatic rings. The minimum absolute atomic E-state index is 0.110. The van der Waals surface area contributed by atoms with E-state index in [0.717, 1.165) is 70.5 Å². The lowest BCUT2D eigenvalue weighted by Crippen LogP contribution is -2.52. The minimum atomic E-state index is -0.692. The predicted molar refractivity (Wildman–Crippen MR) is 206 cm³/mol. The third kappa shape index (κ3) is 7.00. The Morgan fingerprint density at radius 3 is 1.46 bits per heavy atom. The molecule has 0 radical (unpaired) electrons. The van der Waals surface area contributed by atoms with Gasteiger partial charge in [0, 0.05) is 23.2 Å². The van der Waals surface area contributed by atoms with Crippen LogP contribution in [-0.2, 0) is 19.1 Å². The van der Waals surface area contributed by atoms with E-state index in [2.05, 4.69) is 44.3 Å². The molecule has 0 spiro atoms. The number of H-pyrrole nitrogens is 2. The first-order chi connectivity index (χ1) is 26.9. The molecule has 4 heterocycles. The lowest BCUT2D eigenvalue weighted by atomic mass is 10.0. The lowest BCUT2D eigenvalue weighted by molar-refractivity contribution is -0.137. The van der Waals surface area contributed by atoms with Crippen LogP contribution in [0.2, 0.25) is 0 Å². The van der Waals surface area contributed by atoms with Gasteiger partial charge in [-0.1, -0.05) is 39.5 Å². The Hall–Kier alpha value is -6.02. The van der Waals surface area contributed by atoms with Crippen molar-refractivity contribution in [1.29, 1.82) is 0 Å². The van der Waals surface area contributed by atoms with Gasteiger partial charge in [0.05, 0.1) is 48.4 Å². The summed E-state index contributed by atoms with van der Waals surface area (Å²) in [6.07, 6.45) is 2.32. The van der Waals surface area contributed by atoms with E-state index in [1.165, 1.54) is 14.2 Å². The number of nitrogens with one attached hydrogen (secondary N) is 4.